The molecule has 1 fully saturated rings. The second-order valence-electron chi connectivity index (χ2n) is 11.5. The summed E-state index contributed by atoms with van der Waals surface area (Å²) in [7, 11) is 0. The third-order valence-electron chi connectivity index (χ3n) is 7.03. The lowest BCUT2D eigenvalue weighted by molar-refractivity contribution is -0.188. The molecule has 158 valence electrons. The fraction of sp³-hybridized carbons (Fsp3) is 0.731. The molecule has 1 saturated carbocycles. The van der Waals surface area contributed by atoms with Crippen LogP contribution in [0.1, 0.15) is 99.5 Å². The molecule has 0 aromatic heterocycles. The van der Waals surface area contributed by atoms with E-state index in [1.165, 1.54) is 19.3 Å². The highest BCUT2D eigenvalue weighted by Gasteiger charge is 2.51. The lowest BCUT2D eigenvalue weighted by Crippen LogP contribution is -2.48. The molecule has 28 heavy (non-hydrogen) atoms. The quantitative estimate of drug-likeness (QED) is 0.489. The molecule has 2 unspecified atom stereocenters. The van der Waals surface area contributed by atoms with Crippen LogP contribution in [0.5, 0.6) is 0 Å². The van der Waals surface area contributed by atoms with Crippen LogP contribution in [-0.4, -0.2) is 5.97 Å². The molecule has 0 N–H and O–H groups in total. The maximum Gasteiger partial charge on any atom is 0.313 e. The number of ether oxygens (including phenoxy) is 1. The third kappa shape index (κ3) is 4.99. The Morgan fingerprint density at radius 3 is 1.89 bits per heavy atom. The van der Waals surface area contributed by atoms with Crippen LogP contribution in [0.3, 0.4) is 0 Å². The molecule has 1 aliphatic rings. The van der Waals surface area contributed by atoms with Crippen molar-refractivity contribution in [1.29, 1.82) is 0 Å². The molecular weight excluding hydrogens is 344 g/mol. The third-order valence-corrected chi connectivity index (χ3v) is 7.03. The first-order chi connectivity index (χ1) is 12.8. The van der Waals surface area contributed by atoms with Crippen molar-refractivity contribution in [3.63, 3.8) is 0 Å². The van der Waals surface area contributed by atoms with E-state index in [2.05, 4.69) is 79.7 Å². The molecule has 0 amide bonds. The zero-order valence-electron chi connectivity index (χ0n) is 19.5. The number of esters is 1. The number of benzene rings is 1. The minimum atomic E-state index is -0.566. The lowest BCUT2D eigenvalue weighted by atomic mass is 9.61. The summed E-state index contributed by atoms with van der Waals surface area (Å²) in [4.78, 5) is 13.8. The maximum absolute atomic E-state index is 13.8. The molecule has 1 aliphatic carbocycles. The van der Waals surface area contributed by atoms with Crippen LogP contribution in [0.25, 0.3) is 0 Å². The van der Waals surface area contributed by atoms with Crippen molar-refractivity contribution in [3.8, 4) is 0 Å². The molecule has 0 spiro atoms. The molecule has 2 rings (SSSR count). The van der Waals surface area contributed by atoms with Crippen LogP contribution < -0.4 is 0 Å². The highest BCUT2D eigenvalue weighted by molar-refractivity contribution is 5.78. The molecule has 0 radical (unpaired) electrons. The van der Waals surface area contributed by atoms with Crippen molar-refractivity contribution in [2.45, 2.75) is 99.5 Å². The zero-order chi connectivity index (χ0) is 21.2. The van der Waals surface area contributed by atoms with Gasteiger partial charge in [-0.3, -0.25) is 4.79 Å². The average molecular weight is 387 g/mol. The van der Waals surface area contributed by atoms with Crippen molar-refractivity contribution in [1.82, 2.24) is 0 Å². The largest absolute Gasteiger partial charge is 0.454 e. The van der Waals surface area contributed by atoms with Gasteiger partial charge in [0.1, 0.15) is 5.60 Å². The first-order valence-electron chi connectivity index (χ1n) is 11.1. The summed E-state index contributed by atoms with van der Waals surface area (Å²) in [5.74, 6) is 0.332. The molecule has 2 nitrogen and oxygen atoms in total. The van der Waals surface area contributed by atoms with Crippen molar-refractivity contribution in [2.75, 3.05) is 0 Å². The Kier molecular flexibility index (Phi) is 6.73. The van der Waals surface area contributed by atoms with Gasteiger partial charge in [0.15, 0.2) is 0 Å². The van der Waals surface area contributed by atoms with E-state index in [1.807, 2.05) is 6.07 Å². The van der Waals surface area contributed by atoms with Gasteiger partial charge in [-0.15, -0.1) is 0 Å². The first kappa shape index (κ1) is 23.0. The van der Waals surface area contributed by atoms with Gasteiger partial charge in [-0.25, -0.2) is 0 Å². The molecule has 2 atom stereocenters. The van der Waals surface area contributed by atoms with E-state index in [4.69, 9.17) is 4.74 Å². The molecule has 2 heteroatoms. The first-order valence-corrected chi connectivity index (χ1v) is 11.1. The second-order valence-corrected chi connectivity index (χ2v) is 11.5. The van der Waals surface area contributed by atoms with E-state index in [-0.39, 0.29) is 16.8 Å². The standard InChI is InChI=1S/C26H42O2/c1-23(2,3)19-25(7,24(4,5)6)22(27)28-26(8,20-15-11-9-12-16-20)21-17-13-10-14-18-21/h9,11-12,15-16,21H,10,13-14,17-19H2,1-8H3. The summed E-state index contributed by atoms with van der Waals surface area (Å²) in [5, 5.41) is 0. The summed E-state index contributed by atoms with van der Waals surface area (Å²) in [6, 6.07) is 10.4. The van der Waals surface area contributed by atoms with E-state index < -0.39 is 11.0 Å². The molecular formula is C26H42O2. The molecule has 0 bridgehead atoms. The predicted octanol–water partition coefficient (Wildman–Crippen LogP) is 7.51. The van der Waals surface area contributed by atoms with Gasteiger partial charge < -0.3 is 4.74 Å². The number of carbonyl (C=O) groups excluding carboxylic acids is 1. The van der Waals surface area contributed by atoms with Gasteiger partial charge in [0.25, 0.3) is 0 Å². The highest BCUT2D eigenvalue weighted by atomic mass is 16.6. The molecule has 0 saturated heterocycles. The molecule has 0 aliphatic heterocycles. The summed E-state index contributed by atoms with van der Waals surface area (Å²) >= 11 is 0. The van der Waals surface area contributed by atoms with E-state index in [0.717, 1.165) is 24.8 Å². The SMILES string of the molecule is CC(C)(C)CC(C)(C(=O)OC(C)(c1ccccc1)C1CCCCC1)C(C)(C)C. The fourth-order valence-corrected chi connectivity index (χ4v) is 4.81. The summed E-state index contributed by atoms with van der Waals surface area (Å²) < 4.78 is 6.56. The number of hydrogen-bond acceptors (Lipinski definition) is 2. The van der Waals surface area contributed by atoms with Crippen LogP contribution in [0.15, 0.2) is 30.3 Å². The smallest absolute Gasteiger partial charge is 0.313 e. The minimum Gasteiger partial charge on any atom is -0.454 e. The van der Waals surface area contributed by atoms with Crippen LogP contribution >= 0.6 is 0 Å². The molecule has 0 heterocycles. The monoisotopic (exact) mass is 386 g/mol. The normalized spacial score (nSPS) is 20.9. The Morgan fingerprint density at radius 1 is 0.893 bits per heavy atom. The van der Waals surface area contributed by atoms with E-state index in [1.54, 1.807) is 0 Å². The Morgan fingerprint density at radius 2 is 1.43 bits per heavy atom. The topological polar surface area (TPSA) is 26.3 Å². The average Bonchev–Trinajstić information content (AvgIpc) is 2.60. The molecule has 1 aromatic carbocycles. The predicted molar refractivity (Wildman–Crippen MR) is 118 cm³/mol. The Hall–Kier alpha value is -1.31. The lowest BCUT2D eigenvalue weighted by Gasteiger charge is -2.47. The Balaban J connectivity index is 2.43. The van der Waals surface area contributed by atoms with Gasteiger partial charge in [-0.2, -0.15) is 0 Å². The summed E-state index contributed by atoms with van der Waals surface area (Å²) in [5.41, 5.74) is -0.113. The van der Waals surface area contributed by atoms with Crippen LogP contribution in [-0.2, 0) is 15.1 Å². The van der Waals surface area contributed by atoms with Gasteiger partial charge in [0, 0.05) is 5.92 Å². The van der Waals surface area contributed by atoms with Crippen molar-refractivity contribution >= 4 is 5.97 Å². The zero-order valence-corrected chi connectivity index (χ0v) is 19.5. The van der Waals surface area contributed by atoms with Crippen LogP contribution in [0.2, 0.25) is 0 Å². The number of carbonyl (C=O) groups is 1. The highest BCUT2D eigenvalue weighted by Crippen LogP contribution is 2.50. The van der Waals surface area contributed by atoms with E-state index in [9.17, 15) is 4.79 Å². The fourth-order valence-electron chi connectivity index (χ4n) is 4.81. The molecule has 1 aromatic rings. The summed E-state index contributed by atoms with van der Waals surface area (Å²) in [6.07, 6.45) is 6.80. The second kappa shape index (κ2) is 8.20. The Bertz CT molecular complexity index is 643. The van der Waals surface area contributed by atoms with Gasteiger partial charge in [0.05, 0.1) is 5.41 Å². The van der Waals surface area contributed by atoms with Crippen molar-refractivity contribution < 1.29 is 9.53 Å². The summed E-state index contributed by atoms with van der Waals surface area (Å²) in [6.45, 7) is 17.4. The van der Waals surface area contributed by atoms with Crippen LogP contribution in [0.4, 0.5) is 0 Å². The maximum atomic E-state index is 13.8. The van der Waals surface area contributed by atoms with E-state index in [0.29, 0.717) is 5.92 Å². The van der Waals surface area contributed by atoms with E-state index >= 15 is 0 Å². The van der Waals surface area contributed by atoms with Gasteiger partial charge >= 0.3 is 5.97 Å². The van der Waals surface area contributed by atoms with Crippen molar-refractivity contribution in [3.05, 3.63) is 35.9 Å². The van der Waals surface area contributed by atoms with Gasteiger partial charge in [-0.05, 0) is 49.5 Å². The van der Waals surface area contributed by atoms with Crippen molar-refractivity contribution in [2.24, 2.45) is 22.2 Å². The van der Waals surface area contributed by atoms with Gasteiger partial charge in [0.2, 0.25) is 0 Å². The number of hydrogen-bond donors (Lipinski definition) is 0. The Labute approximate surface area is 173 Å². The van der Waals surface area contributed by atoms with Gasteiger partial charge in [-0.1, -0.05) is 91.1 Å². The number of rotatable bonds is 5. The van der Waals surface area contributed by atoms with Crippen LogP contribution in [0, 0.1) is 22.2 Å². The minimum absolute atomic E-state index is 0.0492.